The number of aliphatic hydroxyl groups excluding tert-OH is 2. The molecule has 0 aromatic carbocycles. The van der Waals surface area contributed by atoms with Gasteiger partial charge >= 0.3 is 6.18 Å². The maximum atomic E-state index is 12.7. The van der Waals surface area contributed by atoms with E-state index in [2.05, 4.69) is 25.5 Å². The summed E-state index contributed by atoms with van der Waals surface area (Å²) in [5.74, 6) is 0.484. The zero-order valence-electron chi connectivity index (χ0n) is 17.8. The number of rotatable bonds is 6. The molecule has 34 heavy (non-hydrogen) atoms. The van der Waals surface area contributed by atoms with Crippen LogP contribution in [0.5, 0.6) is 0 Å². The Hall–Kier alpha value is -3.06. The number of hydrogen-bond donors (Lipinski definition) is 3. The molecule has 0 saturated heterocycles. The van der Waals surface area contributed by atoms with Crippen molar-refractivity contribution in [2.24, 2.45) is 0 Å². The van der Waals surface area contributed by atoms with Crippen molar-refractivity contribution < 1.29 is 27.8 Å². The van der Waals surface area contributed by atoms with Gasteiger partial charge in [-0.1, -0.05) is 17.7 Å². The molecule has 0 spiro atoms. The van der Waals surface area contributed by atoms with Gasteiger partial charge in [-0.3, -0.25) is 9.88 Å². The lowest BCUT2D eigenvalue weighted by molar-refractivity contribution is -0.137. The Kier molecular flexibility index (Phi) is 6.84. The van der Waals surface area contributed by atoms with Crippen molar-refractivity contribution >= 4 is 23.0 Å². The molecule has 4 rings (SSSR count). The molecule has 0 radical (unpaired) electrons. The number of alkyl halides is 3. The van der Waals surface area contributed by atoms with Gasteiger partial charge in [0.2, 0.25) is 11.8 Å². The molecule has 13 heteroatoms. The molecular formula is C21H20ClF3N6O3. The van der Waals surface area contributed by atoms with Crippen molar-refractivity contribution in [3.8, 4) is 0 Å². The maximum Gasteiger partial charge on any atom is 0.417 e. The molecule has 4 heterocycles. The molecule has 0 amide bonds. The van der Waals surface area contributed by atoms with Gasteiger partial charge in [0, 0.05) is 38.0 Å². The lowest BCUT2D eigenvalue weighted by atomic mass is 10.0. The normalized spacial score (nSPS) is 16.7. The standard InChI is InChI=1S/C21H20ClF3N6O3/c1-11-29-30-19(34-11)18(32)13-8-15(22)17(27-9-13)12-4-6-31(7-5-12)20(33)28-16-3-2-14(10-26-16)21(23,24)25/h2-4,8-10,18,20,32-33H,5-7H2,1H3,(H,26,28). The minimum absolute atomic E-state index is 0.0414. The molecule has 0 aliphatic carbocycles. The van der Waals surface area contributed by atoms with Crippen LogP contribution in [0.2, 0.25) is 5.02 Å². The van der Waals surface area contributed by atoms with Crippen LogP contribution >= 0.6 is 11.6 Å². The molecule has 3 aromatic heterocycles. The van der Waals surface area contributed by atoms with E-state index in [4.69, 9.17) is 16.0 Å². The zero-order valence-corrected chi connectivity index (χ0v) is 18.5. The Balaban J connectivity index is 1.39. The fourth-order valence-electron chi connectivity index (χ4n) is 3.40. The van der Waals surface area contributed by atoms with E-state index in [0.717, 1.165) is 17.7 Å². The van der Waals surface area contributed by atoms with Crippen LogP contribution in [0.25, 0.3) is 5.57 Å². The van der Waals surface area contributed by atoms with E-state index >= 15 is 0 Å². The van der Waals surface area contributed by atoms with E-state index in [1.807, 2.05) is 6.08 Å². The number of hydrogen-bond acceptors (Lipinski definition) is 9. The van der Waals surface area contributed by atoms with Crippen molar-refractivity contribution in [2.75, 3.05) is 18.4 Å². The van der Waals surface area contributed by atoms with E-state index in [0.29, 0.717) is 47.9 Å². The van der Waals surface area contributed by atoms with Crippen LogP contribution in [0.3, 0.4) is 0 Å². The number of pyridine rings is 2. The first-order valence-electron chi connectivity index (χ1n) is 10.2. The molecule has 3 aromatic rings. The van der Waals surface area contributed by atoms with E-state index in [1.54, 1.807) is 17.9 Å². The highest BCUT2D eigenvalue weighted by molar-refractivity contribution is 6.32. The summed E-state index contributed by atoms with van der Waals surface area (Å²) in [4.78, 5) is 9.75. The van der Waals surface area contributed by atoms with E-state index in [9.17, 15) is 23.4 Å². The van der Waals surface area contributed by atoms with E-state index in [-0.39, 0.29) is 11.7 Å². The number of anilines is 1. The molecule has 0 saturated carbocycles. The van der Waals surface area contributed by atoms with Crippen LogP contribution in [0.4, 0.5) is 19.0 Å². The van der Waals surface area contributed by atoms with Crippen LogP contribution in [0.1, 0.15) is 41.1 Å². The van der Waals surface area contributed by atoms with E-state index in [1.165, 1.54) is 6.20 Å². The molecule has 3 N–H and O–H groups in total. The molecule has 180 valence electrons. The first-order chi connectivity index (χ1) is 16.1. The second-order valence-electron chi connectivity index (χ2n) is 7.58. The SMILES string of the molecule is Cc1nnc(C(O)c2cnc(C3=CCN(C(O)Nc4ccc(C(F)(F)F)cn4)CC3)c(Cl)c2)o1. The predicted molar refractivity (Wildman–Crippen MR) is 115 cm³/mol. The van der Waals surface area contributed by atoms with Crippen LogP contribution in [-0.4, -0.2) is 54.7 Å². The van der Waals surface area contributed by atoms with Gasteiger partial charge < -0.3 is 19.9 Å². The maximum absolute atomic E-state index is 12.7. The number of nitrogens with one attached hydrogen (secondary N) is 1. The van der Waals surface area contributed by atoms with Crippen LogP contribution in [0.15, 0.2) is 41.1 Å². The Morgan fingerprint density at radius 2 is 1.97 bits per heavy atom. The van der Waals surface area contributed by atoms with Crippen molar-refractivity contribution in [2.45, 2.75) is 32.0 Å². The van der Waals surface area contributed by atoms with Crippen LogP contribution in [-0.2, 0) is 6.18 Å². The van der Waals surface area contributed by atoms with Gasteiger partial charge in [-0.15, -0.1) is 10.2 Å². The number of nitrogens with zero attached hydrogens (tertiary/aromatic N) is 5. The molecule has 9 nitrogen and oxygen atoms in total. The third-order valence-electron chi connectivity index (χ3n) is 5.21. The molecule has 2 atom stereocenters. The molecule has 2 unspecified atom stereocenters. The summed E-state index contributed by atoms with van der Waals surface area (Å²) in [6.07, 6.45) is -2.24. The van der Waals surface area contributed by atoms with Gasteiger partial charge in [0.25, 0.3) is 0 Å². The highest BCUT2D eigenvalue weighted by Crippen LogP contribution is 2.31. The Morgan fingerprint density at radius 1 is 1.18 bits per heavy atom. The third kappa shape index (κ3) is 5.36. The summed E-state index contributed by atoms with van der Waals surface area (Å²) in [7, 11) is 0. The second kappa shape index (κ2) is 9.66. The largest absolute Gasteiger partial charge is 0.422 e. The van der Waals surface area contributed by atoms with Crippen molar-refractivity contribution in [1.82, 2.24) is 25.1 Å². The minimum Gasteiger partial charge on any atom is -0.422 e. The molecule has 1 aliphatic heterocycles. The summed E-state index contributed by atoms with van der Waals surface area (Å²) in [5, 5.41) is 31.3. The minimum atomic E-state index is -4.48. The average molecular weight is 497 g/mol. The first kappa shape index (κ1) is 24.1. The van der Waals surface area contributed by atoms with Crippen molar-refractivity contribution in [3.63, 3.8) is 0 Å². The monoisotopic (exact) mass is 496 g/mol. The van der Waals surface area contributed by atoms with Gasteiger partial charge in [-0.05, 0) is 30.2 Å². The van der Waals surface area contributed by atoms with E-state index < -0.39 is 24.2 Å². The molecule has 0 bridgehead atoms. The summed E-state index contributed by atoms with van der Waals surface area (Å²) >= 11 is 6.41. The summed E-state index contributed by atoms with van der Waals surface area (Å²) in [6, 6.07) is 3.63. The summed E-state index contributed by atoms with van der Waals surface area (Å²) in [6.45, 7) is 2.39. The quantitative estimate of drug-likeness (QED) is 0.441. The van der Waals surface area contributed by atoms with Gasteiger partial charge in [-0.25, -0.2) is 4.98 Å². The first-order valence-corrected chi connectivity index (χ1v) is 10.5. The fourth-order valence-corrected chi connectivity index (χ4v) is 3.69. The van der Waals surface area contributed by atoms with Crippen LogP contribution in [0, 0.1) is 6.92 Å². The lowest BCUT2D eigenvalue weighted by Crippen LogP contribution is -2.43. The van der Waals surface area contributed by atoms with Gasteiger partial charge in [0.1, 0.15) is 5.82 Å². The highest BCUT2D eigenvalue weighted by Gasteiger charge is 2.31. The van der Waals surface area contributed by atoms with Crippen molar-refractivity contribution in [3.05, 3.63) is 70.3 Å². The van der Waals surface area contributed by atoms with Gasteiger partial charge in [0.15, 0.2) is 12.5 Å². The number of aliphatic hydroxyl groups is 2. The lowest BCUT2D eigenvalue weighted by Gasteiger charge is -2.31. The molecule has 1 aliphatic rings. The molecular weight excluding hydrogens is 477 g/mol. The number of aromatic nitrogens is 4. The van der Waals surface area contributed by atoms with Crippen molar-refractivity contribution in [1.29, 1.82) is 0 Å². The summed E-state index contributed by atoms with van der Waals surface area (Å²) < 4.78 is 43.2. The Labute approximate surface area is 196 Å². The Morgan fingerprint density at radius 3 is 2.53 bits per heavy atom. The van der Waals surface area contributed by atoms with Gasteiger partial charge in [0.05, 0.1) is 16.3 Å². The highest BCUT2D eigenvalue weighted by atomic mass is 35.5. The second-order valence-corrected chi connectivity index (χ2v) is 7.99. The fraction of sp³-hybridized carbons (Fsp3) is 0.333. The smallest absolute Gasteiger partial charge is 0.417 e. The van der Waals surface area contributed by atoms with Crippen LogP contribution < -0.4 is 5.32 Å². The number of halogens is 4. The molecule has 0 fully saturated rings. The predicted octanol–water partition coefficient (Wildman–Crippen LogP) is 3.40. The third-order valence-corrected chi connectivity index (χ3v) is 5.50. The zero-order chi connectivity index (χ0) is 24.5. The number of aryl methyl sites for hydroxylation is 1. The topological polar surface area (TPSA) is 120 Å². The Bertz CT molecular complexity index is 1190. The van der Waals surface area contributed by atoms with Gasteiger partial charge in [-0.2, -0.15) is 13.2 Å². The average Bonchev–Trinajstić information content (AvgIpc) is 3.24. The summed E-state index contributed by atoms with van der Waals surface area (Å²) in [5.41, 5.74) is 0.939.